The lowest BCUT2D eigenvalue weighted by Gasteiger charge is -2.07. The van der Waals surface area contributed by atoms with Gasteiger partial charge in [-0.3, -0.25) is 13.9 Å². The molecule has 9 heteroatoms. The van der Waals surface area contributed by atoms with Gasteiger partial charge < -0.3 is 5.32 Å². The minimum atomic E-state index is -3.86. The number of benzene rings is 2. The summed E-state index contributed by atoms with van der Waals surface area (Å²) in [7, 11) is -2.23. The average Bonchev–Trinajstić information content (AvgIpc) is 2.80. The Balaban J connectivity index is 1.87. The van der Waals surface area contributed by atoms with E-state index in [1.165, 1.54) is 27.3 Å². The maximum Gasteiger partial charge on any atom is 0.329 e. The Morgan fingerprint density at radius 2 is 1.80 bits per heavy atom. The van der Waals surface area contributed by atoms with E-state index in [-0.39, 0.29) is 22.8 Å². The number of nitrogens with zero attached hydrogens (tertiary/aromatic N) is 2. The van der Waals surface area contributed by atoms with Gasteiger partial charge in [-0.15, -0.1) is 0 Å². The van der Waals surface area contributed by atoms with Crippen molar-refractivity contribution in [1.29, 1.82) is 0 Å². The first-order valence-corrected chi connectivity index (χ1v) is 8.89. The van der Waals surface area contributed by atoms with Crippen LogP contribution in [0.4, 0.5) is 5.69 Å². The third kappa shape index (κ3) is 3.32. The van der Waals surface area contributed by atoms with Gasteiger partial charge in [-0.25, -0.2) is 18.4 Å². The Morgan fingerprint density at radius 1 is 1.12 bits per heavy atom. The van der Waals surface area contributed by atoms with Crippen molar-refractivity contribution in [2.45, 2.75) is 11.4 Å². The van der Waals surface area contributed by atoms with E-state index in [2.05, 4.69) is 5.32 Å². The quantitative estimate of drug-likeness (QED) is 0.709. The molecule has 8 nitrogen and oxygen atoms in total. The van der Waals surface area contributed by atoms with Gasteiger partial charge >= 0.3 is 5.69 Å². The van der Waals surface area contributed by atoms with Gasteiger partial charge in [0.25, 0.3) is 0 Å². The summed E-state index contributed by atoms with van der Waals surface area (Å²) in [6.45, 7) is -0.195. The van der Waals surface area contributed by atoms with Crippen molar-refractivity contribution in [3.05, 3.63) is 59.0 Å². The van der Waals surface area contributed by atoms with Crippen molar-refractivity contribution in [2.24, 2.45) is 12.2 Å². The minimum Gasteiger partial charge on any atom is -0.324 e. The van der Waals surface area contributed by atoms with Crippen molar-refractivity contribution in [3.8, 4) is 0 Å². The molecule has 0 bridgehead atoms. The Labute approximate surface area is 143 Å². The van der Waals surface area contributed by atoms with Gasteiger partial charge in [-0.2, -0.15) is 0 Å². The Kier molecular flexibility index (Phi) is 4.19. The fraction of sp³-hybridized carbons (Fsp3) is 0.125. The fourth-order valence-electron chi connectivity index (χ4n) is 2.61. The van der Waals surface area contributed by atoms with Crippen LogP contribution in [0.1, 0.15) is 0 Å². The number of carbonyl (C=O) groups is 1. The molecule has 1 amide bonds. The summed E-state index contributed by atoms with van der Waals surface area (Å²) in [5, 5.41) is 7.65. The second-order valence-corrected chi connectivity index (χ2v) is 7.10. The van der Waals surface area contributed by atoms with Gasteiger partial charge in [0, 0.05) is 12.7 Å². The van der Waals surface area contributed by atoms with Crippen LogP contribution in [0.2, 0.25) is 0 Å². The predicted octanol–water partition coefficient (Wildman–Crippen LogP) is 0.626. The highest BCUT2D eigenvalue weighted by molar-refractivity contribution is 7.89. The number of imidazole rings is 1. The molecule has 0 saturated carbocycles. The topological polar surface area (TPSA) is 116 Å². The summed E-state index contributed by atoms with van der Waals surface area (Å²) in [5.74, 6) is -0.454. The Morgan fingerprint density at radius 3 is 2.48 bits per heavy atom. The first kappa shape index (κ1) is 16.9. The van der Waals surface area contributed by atoms with E-state index in [9.17, 15) is 18.0 Å². The van der Waals surface area contributed by atoms with Gasteiger partial charge in [0.05, 0.1) is 15.9 Å². The molecule has 0 saturated heterocycles. The molecule has 3 rings (SSSR count). The van der Waals surface area contributed by atoms with E-state index >= 15 is 0 Å². The van der Waals surface area contributed by atoms with E-state index in [1.807, 2.05) is 6.07 Å². The SMILES string of the molecule is Cn1c(=O)n(CC(=O)Nc2cccc(S(N)(=O)=O)c2)c2ccccc21. The van der Waals surface area contributed by atoms with Crippen LogP contribution in [0.3, 0.4) is 0 Å². The van der Waals surface area contributed by atoms with Gasteiger partial charge in [0.15, 0.2) is 0 Å². The maximum absolute atomic E-state index is 12.3. The molecule has 0 atom stereocenters. The highest BCUT2D eigenvalue weighted by Crippen LogP contribution is 2.15. The second kappa shape index (κ2) is 6.19. The number of aromatic nitrogens is 2. The lowest BCUT2D eigenvalue weighted by Crippen LogP contribution is -2.28. The van der Waals surface area contributed by atoms with Crippen LogP contribution in [0.15, 0.2) is 58.2 Å². The zero-order valence-corrected chi connectivity index (χ0v) is 14.2. The highest BCUT2D eigenvalue weighted by atomic mass is 32.2. The summed E-state index contributed by atoms with van der Waals surface area (Å²) in [6.07, 6.45) is 0. The zero-order valence-electron chi connectivity index (χ0n) is 13.3. The summed E-state index contributed by atoms with van der Waals surface area (Å²) in [6, 6.07) is 12.8. The van der Waals surface area contributed by atoms with Gasteiger partial charge in [-0.05, 0) is 30.3 Å². The van der Waals surface area contributed by atoms with Gasteiger partial charge in [0.1, 0.15) is 6.54 Å². The summed E-state index contributed by atoms with van der Waals surface area (Å²) in [5.41, 5.74) is 1.33. The molecule has 0 fully saturated rings. The molecule has 0 aliphatic heterocycles. The van der Waals surface area contributed by atoms with Crippen LogP contribution in [-0.4, -0.2) is 23.5 Å². The number of rotatable bonds is 4. The van der Waals surface area contributed by atoms with E-state index in [0.29, 0.717) is 5.52 Å². The number of anilines is 1. The first-order chi connectivity index (χ1) is 11.8. The largest absolute Gasteiger partial charge is 0.329 e. The Bertz CT molecular complexity index is 1130. The van der Waals surface area contributed by atoms with Crippen LogP contribution in [-0.2, 0) is 28.4 Å². The maximum atomic E-state index is 12.3. The third-order valence-corrected chi connectivity index (χ3v) is 4.71. The molecule has 0 spiro atoms. The number of hydrogen-bond acceptors (Lipinski definition) is 4. The lowest BCUT2D eigenvalue weighted by atomic mass is 10.3. The van der Waals surface area contributed by atoms with Gasteiger partial charge in [-0.1, -0.05) is 18.2 Å². The van der Waals surface area contributed by atoms with Crippen LogP contribution >= 0.6 is 0 Å². The number of fused-ring (bicyclic) bond motifs is 1. The fourth-order valence-corrected chi connectivity index (χ4v) is 3.17. The summed E-state index contributed by atoms with van der Waals surface area (Å²) < 4.78 is 25.6. The van der Waals surface area contributed by atoms with Crippen molar-refractivity contribution in [2.75, 3.05) is 5.32 Å². The molecule has 25 heavy (non-hydrogen) atoms. The van der Waals surface area contributed by atoms with E-state index in [4.69, 9.17) is 5.14 Å². The summed E-state index contributed by atoms with van der Waals surface area (Å²) in [4.78, 5) is 24.5. The van der Waals surface area contributed by atoms with Crippen molar-refractivity contribution >= 4 is 32.7 Å². The molecule has 1 aromatic heterocycles. The average molecular weight is 360 g/mol. The second-order valence-electron chi connectivity index (χ2n) is 5.54. The zero-order chi connectivity index (χ0) is 18.2. The number of sulfonamides is 1. The van der Waals surface area contributed by atoms with Crippen LogP contribution in [0.5, 0.6) is 0 Å². The Hall–Kier alpha value is -2.91. The summed E-state index contributed by atoms with van der Waals surface area (Å²) >= 11 is 0. The number of amides is 1. The number of aryl methyl sites for hydroxylation is 1. The molecular weight excluding hydrogens is 344 g/mol. The minimum absolute atomic E-state index is 0.104. The van der Waals surface area contributed by atoms with Crippen molar-refractivity contribution in [3.63, 3.8) is 0 Å². The number of nitrogens with two attached hydrogens (primary N) is 1. The van der Waals surface area contributed by atoms with E-state index < -0.39 is 15.9 Å². The number of nitrogens with one attached hydrogen (secondary N) is 1. The normalized spacial score (nSPS) is 11.6. The predicted molar refractivity (Wildman–Crippen MR) is 93.6 cm³/mol. The van der Waals surface area contributed by atoms with Crippen molar-refractivity contribution in [1.82, 2.24) is 9.13 Å². The highest BCUT2D eigenvalue weighted by Gasteiger charge is 2.14. The monoisotopic (exact) mass is 360 g/mol. The van der Waals surface area contributed by atoms with Crippen LogP contribution in [0, 0.1) is 0 Å². The molecular formula is C16H16N4O4S. The molecule has 0 aliphatic carbocycles. The lowest BCUT2D eigenvalue weighted by molar-refractivity contribution is -0.116. The number of para-hydroxylation sites is 2. The number of hydrogen-bond donors (Lipinski definition) is 2. The third-order valence-electron chi connectivity index (χ3n) is 3.80. The van der Waals surface area contributed by atoms with Gasteiger partial charge in [0.2, 0.25) is 15.9 Å². The molecule has 1 heterocycles. The molecule has 0 radical (unpaired) electrons. The standard InChI is InChI=1S/C16H16N4O4S/c1-19-13-7-2-3-8-14(13)20(16(19)22)10-15(21)18-11-5-4-6-12(9-11)25(17,23)24/h2-9H,10H2,1H3,(H,18,21)(H2,17,23,24). The molecule has 130 valence electrons. The number of primary sulfonamides is 1. The van der Waals surface area contributed by atoms with Crippen LogP contribution in [0.25, 0.3) is 11.0 Å². The van der Waals surface area contributed by atoms with Crippen LogP contribution < -0.4 is 16.1 Å². The van der Waals surface area contributed by atoms with Crippen molar-refractivity contribution < 1.29 is 13.2 Å². The molecule has 0 aliphatic rings. The smallest absolute Gasteiger partial charge is 0.324 e. The number of carbonyl (C=O) groups excluding carboxylic acids is 1. The molecule has 2 aromatic carbocycles. The molecule has 3 aromatic rings. The molecule has 3 N–H and O–H groups in total. The molecule has 0 unspecified atom stereocenters. The first-order valence-electron chi connectivity index (χ1n) is 7.34. The van der Waals surface area contributed by atoms with E-state index in [0.717, 1.165) is 5.52 Å². The van der Waals surface area contributed by atoms with E-state index in [1.54, 1.807) is 31.3 Å².